The summed E-state index contributed by atoms with van der Waals surface area (Å²) in [6, 6.07) is 15.2. The van der Waals surface area contributed by atoms with Crippen LogP contribution in [0.4, 0.5) is 73.6 Å². The van der Waals surface area contributed by atoms with Gasteiger partial charge in [0, 0.05) is 112 Å². The summed E-state index contributed by atoms with van der Waals surface area (Å²) in [5.74, 6) is -16.3. The van der Waals surface area contributed by atoms with Crippen LogP contribution in [0.3, 0.4) is 0 Å². The van der Waals surface area contributed by atoms with Crippen LogP contribution in [-0.2, 0) is 43.0 Å². The van der Waals surface area contributed by atoms with Crippen molar-refractivity contribution in [2.75, 3.05) is 129 Å². The number of hydrogen-bond acceptors (Lipinski definition) is 24. The van der Waals surface area contributed by atoms with E-state index in [-0.39, 0.29) is 198 Å². The smallest absolute Gasteiger partial charge is 0.325 e. The number of aryl methyl sites for hydroxylation is 3. The number of ether oxygens (including phenoxy) is 3. The van der Waals surface area contributed by atoms with E-state index in [9.17, 15) is 44.1 Å². The number of methoxy groups -OCH3 is 3. The largest absolute Gasteiger partial charge is 0.507 e. The van der Waals surface area contributed by atoms with Crippen LogP contribution in [0, 0.1) is 73.1 Å². The van der Waals surface area contributed by atoms with Crippen LogP contribution < -0.4 is 46.1 Å². The molecular formula is C108H108F9N15O15. The average molecular weight is 2030 g/mol. The fourth-order valence-corrected chi connectivity index (χ4v) is 21.3. The highest BCUT2D eigenvalue weighted by atomic mass is 19.2. The number of rotatable bonds is 18. The molecule has 12 aromatic rings. The molecule has 147 heavy (non-hydrogen) atoms. The van der Waals surface area contributed by atoms with Gasteiger partial charge in [0.1, 0.15) is 88.8 Å². The maximum atomic E-state index is 17.3. The van der Waals surface area contributed by atoms with E-state index >= 15 is 53.9 Å². The summed E-state index contributed by atoms with van der Waals surface area (Å²) in [5.41, 5.74) is -3.69. The van der Waals surface area contributed by atoms with E-state index in [0.717, 1.165) is 68.3 Å². The van der Waals surface area contributed by atoms with Gasteiger partial charge in [0.15, 0.2) is 17.5 Å². The van der Waals surface area contributed by atoms with Gasteiger partial charge in [-0.2, -0.15) is 0 Å². The molecule has 6 aromatic heterocycles. The number of phenolic OH excluding ortho intramolecular Hbond substituents is 3. The van der Waals surface area contributed by atoms with E-state index in [1.54, 1.807) is 72.3 Å². The van der Waals surface area contributed by atoms with E-state index in [4.69, 9.17) is 14.2 Å². The number of halogens is 9. The Hall–Kier alpha value is -16.0. The number of piperazine rings is 3. The van der Waals surface area contributed by atoms with Crippen LogP contribution >= 0.6 is 0 Å². The summed E-state index contributed by atoms with van der Waals surface area (Å²) in [6.45, 7) is 32.8. The minimum Gasteiger partial charge on any atom is -0.507 e. The number of carbonyl (C=O) groups is 6. The van der Waals surface area contributed by atoms with Crippen LogP contribution in [-0.4, -0.2) is 230 Å². The molecule has 12 heterocycles. The van der Waals surface area contributed by atoms with Crippen LogP contribution in [0.15, 0.2) is 162 Å². The van der Waals surface area contributed by atoms with Crippen molar-refractivity contribution in [3.63, 3.8) is 0 Å². The minimum absolute atomic E-state index is 0.00287. The Bertz CT molecular complexity index is 6940. The third-order valence-corrected chi connectivity index (χ3v) is 28.0. The fraction of sp³-hybridized carbons (Fsp3) is 0.333. The van der Waals surface area contributed by atoms with Gasteiger partial charge in [0.25, 0.3) is 16.7 Å². The van der Waals surface area contributed by atoms with Gasteiger partial charge in [-0.05, 0) is 167 Å². The Balaban J connectivity index is 0.000000158. The first kappa shape index (κ1) is 104. The standard InChI is InChI=1S/3C36H36F3N5O5/c3*1-7-26(46)42-16-21-15-41(17-27(47)49-6)35-34(43(21)14-20(42)5)22-13-24(38)29(28-23(37)9-8-10-25(28)45)30(39)33(22)44(36(35)48)32-19(4)11-12-40-31(32)18(2)3/h3*7-13,18,20-21,45H,1,14-17H2,2-6H3/t3*20-,21+/m111/s1. The van der Waals surface area contributed by atoms with Gasteiger partial charge in [0.05, 0.1) is 141 Å². The number of pyridine rings is 6. The van der Waals surface area contributed by atoms with Crippen molar-refractivity contribution in [1.82, 2.24) is 43.4 Å². The van der Waals surface area contributed by atoms with E-state index < -0.39 is 174 Å². The van der Waals surface area contributed by atoms with Crippen molar-refractivity contribution in [2.24, 2.45) is 0 Å². The first-order valence-electron chi connectivity index (χ1n) is 47.6. The molecule has 3 fully saturated rings. The molecule has 0 aliphatic carbocycles. The second kappa shape index (κ2) is 40.9. The summed E-state index contributed by atoms with van der Waals surface area (Å²) >= 11 is 0. The SMILES string of the molecule is C=CC(=O)N1C[C@@H]2CN(CC(=O)OC)c3c(c4cc(F)c(-c5c(O)cccc5F)c(F)c4n(-c4c(C)ccnc4C(C)C)c3=O)N2C[C@H]1C.C=CC(=O)N1C[C@@H]2CN(CC(=O)OC)c3c(c4cc(F)c(-c5c(O)cccc5F)c(F)c4n(-c4c(C)ccnc4C(C)C)c3=O)N2C[C@H]1C.C=CC(=O)N1C[C@@H]2CN(CC(=O)OC)c3c(c4cc(F)c(-c5c(O)cccc5F)c(F)c4n(-c4c(C)ccnc4C(C)C)c3=O)N2C[C@H]1C. The molecule has 6 aliphatic heterocycles. The molecule has 6 aliphatic rings. The Morgan fingerprint density at radius 3 is 0.823 bits per heavy atom. The van der Waals surface area contributed by atoms with Gasteiger partial charge >= 0.3 is 17.9 Å². The van der Waals surface area contributed by atoms with Crippen molar-refractivity contribution in [3.05, 3.63) is 265 Å². The van der Waals surface area contributed by atoms with Gasteiger partial charge in [-0.1, -0.05) is 79.5 Å². The monoisotopic (exact) mass is 2030 g/mol. The van der Waals surface area contributed by atoms with Crippen LogP contribution in [0.2, 0.25) is 0 Å². The molecule has 6 aromatic carbocycles. The maximum absolute atomic E-state index is 17.3. The van der Waals surface area contributed by atoms with E-state index in [1.807, 2.05) is 77.0 Å². The van der Waals surface area contributed by atoms with Gasteiger partial charge in [0.2, 0.25) is 17.7 Å². The molecule has 0 spiro atoms. The number of anilines is 6. The normalized spacial score (nSPS) is 17.3. The number of amides is 3. The first-order chi connectivity index (χ1) is 69.9. The molecule has 0 saturated carbocycles. The summed E-state index contributed by atoms with van der Waals surface area (Å²) in [5, 5.41) is 31.8. The average Bonchev–Trinajstić information content (AvgIpc) is 0.707. The van der Waals surface area contributed by atoms with Crippen LogP contribution in [0.25, 0.3) is 83.2 Å². The number of phenols is 3. The maximum Gasteiger partial charge on any atom is 0.325 e. The lowest BCUT2D eigenvalue weighted by Crippen LogP contribution is -2.64. The molecule has 18 rings (SSSR count). The number of nitrogens with zero attached hydrogens (tertiary/aromatic N) is 15. The zero-order valence-corrected chi connectivity index (χ0v) is 83.3. The minimum atomic E-state index is -1.27. The Morgan fingerprint density at radius 1 is 0.361 bits per heavy atom. The van der Waals surface area contributed by atoms with Gasteiger partial charge in [-0.25, -0.2) is 39.5 Å². The van der Waals surface area contributed by atoms with E-state index in [0.29, 0.717) is 33.8 Å². The highest BCUT2D eigenvalue weighted by Crippen LogP contribution is 2.53. The lowest BCUT2D eigenvalue weighted by molar-refractivity contribution is -0.139. The summed E-state index contributed by atoms with van der Waals surface area (Å²) < 4.78 is 165. The van der Waals surface area contributed by atoms with Crippen molar-refractivity contribution in [2.45, 2.75) is 137 Å². The van der Waals surface area contributed by atoms with Crippen molar-refractivity contribution in [3.8, 4) is 67.7 Å². The van der Waals surface area contributed by atoms with Gasteiger partial charge in [-0.15, -0.1) is 0 Å². The lowest BCUT2D eigenvalue weighted by atomic mass is 9.95. The van der Waals surface area contributed by atoms with Crippen molar-refractivity contribution < 1.29 is 97.8 Å². The van der Waals surface area contributed by atoms with Gasteiger partial charge in [-0.3, -0.25) is 71.8 Å². The summed E-state index contributed by atoms with van der Waals surface area (Å²) in [4.78, 5) is 150. The number of aromatic nitrogens is 6. The number of fused-ring (bicyclic) bond motifs is 15. The molecule has 3 N–H and O–H groups in total. The third kappa shape index (κ3) is 18.0. The van der Waals surface area contributed by atoms with Crippen molar-refractivity contribution in [1.29, 1.82) is 0 Å². The Morgan fingerprint density at radius 2 is 0.605 bits per heavy atom. The quantitative estimate of drug-likeness (QED) is 0.0311. The first-order valence-corrected chi connectivity index (χ1v) is 47.6. The Kier molecular flexibility index (Phi) is 28.9. The molecule has 3 saturated heterocycles. The summed E-state index contributed by atoms with van der Waals surface area (Å²) in [6.07, 6.45) is 8.32. The number of hydrogen-bond donors (Lipinski definition) is 3. The Labute approximate surface area is 838 Å². The predicted molar refractivity (Wildman–Crippen MR) is 540 cm³/mol. The molecule has 3 amide bonds. The number of carbonyl (C=O) groups excluding carboxylic acids is 6. The second-order valence-corrected chi connectivity index (χ2v) is 38.2. The molecule has 0 bridgehead atoms. The molecular weight excluding hydrogens is 1920 g/mol. The molecule has 0 unspecified atom stereocenters. The molecule has 6 atom stereocenters. The summed E-state index contributed by atoms with van der Waals surface area (Å²) in [7, 11) is 3.63. The number of esters is 3. The fourth-order valence-electron chi connectivity index (χ4n) is 21.3. The van der Waals surface area contributed by atoms with E-state index in [1.165, 1.54) is 72.5 Å². The molecule has 39 heteroatoms. The predicted octanol–water partition coefficient (Wildman–Crippen LogP) is 15.6. The molecule has 30 nitrogen and oxygen atoms in total. The zero-order valence-electron chi connectivity index (χ0n) is 83.3. The third-order valence-electron chi connectivity index (χ3n) is 28.0. The molecule has 0 radical (unpaired) electrons. The van der Waals surface area contributed by atoms with Crippen LogP contribution in [0.1, 0.15) is 114 Å². The van der Waals surface area contributed by atoms with Gasteiger partial charge < -0.3 is 73.6 Å². The van der Waals surface area contributed by atoms with Crippen LogP contribution in [0.5, 0.6) is 17.2 Å². The van der Waals surface area contributed by atoms with Crippen molar-refractivity contribution >= 4 is 102 Å². The van der Waals surface area contributed by atoms with E-state index in [2.05, 4.69) is 34.7 Å². The highest BCUT2D eigenvalue weighted by molar-refractivity contribution is 6.08. The number of benzene rings is 6. The second-order valence-electron chi connectivity index (χ2n) is 38.2. The lowest BCUT2D eigenvalue weighted by Gasteiger charge is -2.51. The topological polar surface area (TPSA) is 325 Å². The number of aromatic hydroxyl groups is 3. The molecule has 768 valence electrons. The highest BCUT2D eigenvalue weighted by Gasteiger charge is 2.49. The zero-order chi connectivity index (χ0) is 106.